The molecule has 0 saturated carbocycles. The van der Waals surface area contributed by atoms with Gasteiger partial charge >= 0.3 is 0 Å². The maximum absolute atomic E-state index is 12.0. The number of amides is 1. The summed E-state index contributed by atoms with van der Waals surface area (Å²) in [5.74, 6) is 0.882. The first kappa shape index (κ1) is 18.8. The minimum atomic E-state index is -0.0265. The van der Waals surface area contributed by atoms with E-state index in [-0.39, 0.29) is 5.91 Å². The molecule has 25 heavy (non-hydrogen) atoms. The van der Waals surface area contributed by atoms with Crippen LogP contribution >= 0.6 is 0 Å². The molecule has 0 spiro atoms. The van der Waals surface area contributed by atoms with Gasteiger partial charge in [0.15, 0.2) is 0 Å². The third-order valence-electron chi connectivity index (χ3n) is 3.92. The van der Waals surface area contributed by atoms with E-state index in [4.69, 9.17) is 4.74 Å². The maximum atomic E-state index is 12.0. The zero-order chi connectivity index (χ0) is 18.6. The highest BCUT2D eigenvalue weighted by atomic mass is 16.5. The zero-order valence-electron chi connectivity index (χ0n) is 15.9. The van der Waals surface area contributed by atoms with Gasteiger partial charge in [-0.2, -0.15) is 0 Å². The molecule has 0 heterocycles. The van der Waals surface area contributed by atoms with Crippen LogP contribution in [0.1, 0.15) is 16.7 Å². The minimum absolute atomic E-state index is 0.0265. The van der Waals surface area contributed by atoms with Crippen LogP contribution in [-0.4, -0.2) is 38.6 Å². The average Bonchev–Trinajstić information content (AvgIpc) is 2.49. The van der Waals surface area contributed by atoms with Gasteiger partial charge in [0.2, 0.25) is 5.91 Å². The second-order valence-electron chi connectivity index (χ2n) is 6.58. The quantitative estimate of drug-likeness (QED) is 0.838. The van der Waals surface area contributed by atoms with Crippen molar-refractivity contribution in [1.29, 1.82) is 0 Å². The smallest absolute Gasteiger partial charge is 0.238 e. The Bertz CT molecular complexity index is 747. The first-order valence-corrected chi connectivity index (χ1v) is 8.27. The Morgan fingerprint density at radius 1 is 1.00 bits per heavy atom. The standard InChI is InChI=1S/C20H27N3O2/c1-13-7-8-16(11-18(13)22-19(24)12-23(4)5)21-17-9-14(2)20(25-6)15(3)10-17/h7-11,21H,12H2,1-6H3,(H,22,24). The van der Waals surface area contributed by atoms with Crippen molar-refractivity contribution >= 4 is 23.0 Å². The number of methoxy groups -OCH3 is 1. The van der Waals surface area contributed by atoms with Gasteiger partial charge in [-0.3, -0.25) is 4.79 Å². The van der Waals surface area contributed by atoms with Crippen LogP contribution in [0.2, 0.25) is 0 Å². The van der Waals surface area contributed by atoms with E-state index in [2.05, 4.69) is 22.8 Å². The summed E-state index contributed by atoms with van der Waals surface area (Å²) in [5.41, 5.74) is 5.92. The summed E-state index contributed by atoms with van der Waals surface area (Å²) in [7, 11) is 5.43. The third kappa shape index (κ3) is 4.97. The molecule has 0 aromatic heterocycles. The third-order valence-corrected chi connectivity index (χ3v) is 3.92. The SMILES string of the molecule is COc1c(C)cc(Nc2ccc(C)c(NC(=O)CN(C)C)c2)cc1C. The molecule has 2 N–H and O–H groups in total. The number of nitrogens with one attached hydrogen (secondary N) is 2. The predicted octanol–water partition coefficient (Wildman–Crippen LogP) is 3.86. The van der Waals surface area contributed by atoms with E-state index in [9.17, 15) is 4.79 Å². The van der Waals surface area contributed by atoms with Gasteiger partial charge in [0.05, 0.1) is 13.7 Å². The number of rotatable bonds is 6. The monoisotopic (exact) mass is 341 g/mol. The fourth-order valence-electron chi connectivity index (χ4n) is 2.82. The van der Waals surface area contributed by atoms with Crippen LogP contribution in [-0.2, 0) is 4.79 Å². The number of anilines is 3. The van der Waals surface area contributed by atoms with E-state index < -0.39 is 0 Å². The number of benzene rings is 2. The lowest BCUT2D eigenvalue weighted by molar-refractivity contribution is -0.116. The Hall–Kier alpha value is -2.53. The fourth-order valence-corrected chi connectivity index (χ4v) is 2.82. The molecule has 0 unspecified atom stereocenters. The molecule has 0 aliphatic carbocycles. The Labute approximate surface area is 150 Å². The topological polar surface area (TPSA) is 53.6 Å². The predicted molar refractivity (Wildman–Crippen MR) is 104 cm³/mol. The number of hydrogen-bond acceptors (Lipinski definition) is 4. The molecular weight excluding hydrogens is 314 g/mol. The van der Waals surface area contributed by atoms with Crippen molar-refractivity contribution in [2.75, 3.05) is 38.4 Å². The lowest BCUT2D eigenvalue weighted by atomic mass is 10.1. The summed E-state index contributed by atoms with van der Waals surface area (Å²) >= 11 is 0. The van der Waals surface area contributed by atoms with Gasteiger partial charge in [-0.15, -0.1) is 0 Å². The molecule has 1 amide bonds. The summed E-state index contributed by atoms with van der Waals surface area (Å²) in [6, 6.07) is 10.1. The average molecular weight is 341 g/mol. The maximum Gasteiger partial charge on any atom is 0.238 e. The first-order chi connectivity index (χ1) is 11.8. The molecule has 0 aliphatic rings. The van der Waals surface area contributed by atoms with E-state index in [0.717, 1.165) is 39.5 Å². The van der Waals surface area contributed by atoms with E-state index in [1.807, 2.05) is 58.0 Å². The van der Waals surface area contributed by atoms with E-state index in [0.29, 0.717) is 6.54 Å². The van der Waals surface area contributed by atoms with Crippen LogP contribution in [0, 0.1) is 20.8 Å². The molecule has 0 radical (unpaired) electrons. The van der Waals surface area contributed by atoms with Crippen molar-refractivity contribution in [3.8, 4) is 5.75 Å². The van der Waals surface area contributed by atoms with Gasteiger partial charge in [-0.1, -0.05) is 6.07 Å². The van der Waals surface area contributed by atoms with Crippen LogP contribution in [0.5, 0.6) is 5.75 Å². The van der Waals surface area contributed by atoms with Crippen LogP contribution in [0.4, 0.5) is 17.1 Å². The highest BCUT2D eigenvalue weighted by molar-refractivity contribution is 5.93. The fraction of sp³-hybridized carbons (Fsp3) is 0.350. The van der Waals surface area contributed by atoms with Crippen molar-refractivity contribution < 1.29 is 9.53 Å². The summed E-state index contributed by atoms with van der Waals surface area (Å²) in [5, 5.41) is 6.37. The van der Waals surface area contributed by atoms with E-state index in [1.54, 1.807) is 7.11 Å². The summed E-state index contributed by atoms with van der Waals surface area (Å²) in [4.78, 5) is 13.9. The molecule has 0 saturated heterocycles. The van der Waals surface area contributed by atoms with Gasteiger partial charge < -0.3 is 20.3 Å². The number of nitrogens with zero attached hydrogens (tertiary/aromatic N) is 1. The summed E-state index contributed by atoms with van der Waals surface area (Å²) in [6.45, 7) is 6.39. The van der Waals surface area contributed by atoms with Crippen molar-refractivity contribution in [2.45, 2.75) is 20.8 Å². The lowest BCUT2D eigenvalue weighted by Crippen LogP contribution is -2.27. The van der Waals surface area contributed by atoms with Gasteiger partial charge in [0.25, 0.3) is 0 Å². The molecule has 2 rings (SSSR count). The molecule has 134 valence electrons. The van der Waals surface area contributed by atoms with E-state index >= 15 is 0 Å². The molecule has 0 fully saturated rings. The molecule has 0 aliphatic heterocycles. The van der Waals surface area contributed by atoms with Gasteiger partial charge in [-0.25, -0.2) is 0 Å². The van der Waals surface area contributed by atoms with Crippen molar-refractivity contribution in [3.05, 3.63) is 47.0 Å². The molecule has 0 bridgehead atoms. The Balaban J connectivity index is 2.21. The molecule has 5 nitrogen and oxygen atoms in total. The normalized spacial score (nSPS) is 10.7. The number of ether oxygens (including phenoxy) is 1. The molecular formula is C20H27N3O2. The van der Waals surface area contributed by atoms with Crippen molar-refractivity contribution in [2.24, 2.45) is 0 Å². The zero-order valence-corrected chi connectivity index (χ0v) is 15.9. The van der Waals surface area contributed by atoms with Crippen molar-refractivity contribution in [3.63, 3.8) is 0 Å². The van der Waals surface area contributed by atoms with Crippen LogP contribution in [0.25, 0.3) is 0 Å². The number of aryl methyl sites for hydroxylation is 3. The van der Waals surface area contributed by atoms with Crippen molar-refractivity contribution in [1.82, 2.24) is 4.90 Å². The van der Waals surface area contributed by atoms with Gasteiger partial charge in [0, 0.05) is 17.1 Å². The summed E-state index contributed by atoms with van der Waals surface area (Å²) < 4.78 is 5.41. The Morgan fingerprint density at radius 2 is 1.64 bits per heavy atom. The first-order valence-electron chi connectivity index (χ1n) is 8.27. The van der Waals surface area contributed by atoms with Gasteiger partial charge in [0.1, 0.15) is 5.75 Å². The second-order valence-corrected chi connectivity index (χ2v) is 6.58. The van der Waals surface area contributed by atoms with Crippen LogP contribution in [0.15, 0.2) is 30.3 Å². The highest BCUT2D eigenvalue weighted by Gasteiger charge is 2.09. The number of carbonyl (C=O) groups excluding carboxylic acids is 1. The summed E-state index contributed by atoms with van der Waals surface area (Å²) in [6.07, 6.45) is 0. The number of carbonyl (C=O) groups is 1. The molecule has 2 aromatic rings. The largest absolute Gasteiger partial charge is 0.496 e. The van der Waals surface area contributed by atoms with Crippen LogP contribution in [0.3, 0.4) is 0 Å². The van der Waals surface area contributed by atoms with E-state index in [1.165, 1.54) is 0 Å². The molecule has 0 atom stereocenters. The number of hydrogen-bond donors (Lipinski definition) is 2. The Morgan fingerprint density at radius 3 is 2.20 bits per heavy atom. The highest BCUT2D eigenvalue weighted by Crippen LogP contribution is 2.29. The van der Waals surface area contributed by atoms with Gasteiger partial charge in [-0.05, 0) is 75.8 Å². The molecule has 5 heteroatoms. The lowest BCUT2D eigenvalue weighted by Gasteiger charge is -2.15. The minimum Gasteiger partial charge on any atom is -0.496 e. The molecule has 2 aromatic carbocycles. The second kappa shape index (κ2) is 8.03. The Kier molecular flexibility index (Phi) is 6.04. The van der Waals surface area contributed by atoms with Crippen LogP contribution < -0.4 is 15.4 Å². The number of likely N-dealkylation sites (N-methyl/N-ethyl adjacent to an activating group) is 1.